The highest BCUT2D eigenvalue weighted by atomic mass is 28.5. The van der Waals surface area contributed by atoms with Crippen LogP contribution >= 0.6 is 0 Å². The van der Waals surface area contributed by atoms with Crippen LogP contribution in [0.1, 0.15) is 0 Å². The first-order valence-electron chi connectivity index (χ1n) is 18.4. The SMILES string of the molecule is c1ccc([Si]2(c3ccccc3)N(c3ccc4oc5ccccc5c4c3)[Si](c3ccccc3)(c3ccccc3)N2c2ccc3oc4ccccc4c3c2)cc1. The predicted octanol–water partition coefficient (Wildman–Crippen LogP) is 9.33. The Hall–Kier alpha value is -6.61. The molecule has 0 spiro atoms. The zero-order valence-corrected chi connectivity index (χ0v) is 31.3. The molecule has 1 saturated heterocycles. The van der Waals surface area contributed by atoms with Crippen molar-refractivity contribution in [3.05, 3.63) is 206 Å². The first-order chi connectivity index (χ1) is 26.8. The third kappa shape index (κ3) is 4.23. The molecule has 11 rings (SSSR count). The number of hydrogen-bond donors (Lipinski definition) is 0. The van der Waals surface area contributed by atoms with E-state index in [1.54, 1.807) is 0 Å². The van der Waals surface area contributed by atoms with E-state index in [1.165, 1.54) is 32.1 Å². The third-order valence-corrected chi connectivity index (χ3v) is 23.3. The largest absolute Gasteiger partial charge is 0.456 e. The van der Waals surface area contributed by atoms with Gasteiger partial charge in [-0.05, 0) is 69.3 Å². The smallest absolute Gasteiger partial charge is 0.318 e. The molecule has 0 bridgehead atoms. The summed E-state index contributed by atoms with van der Waals surface area (Å²) >= 11 is 0. The molecule has 0 radical (unpaired) electrons. The molecule has 1 aliphatic heterocycles. The van der Waals surface area contributed by atoms with Crippen molar-refractivity contribution in [2.24, 2.45) is 0 Å². The molecule has 54 heavy (non-hydrogen) atoms. The number of para-hydroxylation sites is 2. The van der Waals surface area contributed by atoms with Crippen LogP contribution in [0.3, 0.4) is 0 Å². The number of rotatable bonds is 6. The van der Waals surface area contributed by atoms with Crippen LogP contribution in [0.4, 0.5) is 11.4 Å². The Balaban J connectivity index is 1.32. The molecule has 6 heteroatoms. The molecule has 256 valence electrons. The molecule has 0 saturated carbocycles. The van der Waals surface area contributed by atoms with E-state index in [4.69, 9.17) is 8.83 Å². The Kier molecular flexibility index (Phi) is 6.86. The molecule has 0 aliphatic carbocycles. The van der Waals surface area contributed by atoms with Gasteiger partial charge in [-0.25, -0.2) is 0 Å². The average molecular weight is 727 g/mol. The molecule has 1 aliphatic rings. The lowest BCUT2D eigenvalue weighted by atomic mass is 10.1. The fraction of sp³-hybridized carbons (Fsp3) is 0. The van der Waals surface area contributed by atoms with Gasteiger partial charge in [0.05, 0.1) is 0 Å². The molecule has 0 amide bonds. The second-order valence-corrected chi connectivity index (χ2v) is 21.7. The minimum atomic E-state index is -3.14. The van der Waals surface area contributed by atoms with Crippen molar-refractivity contribution < 1.29 is 8.83 Å². The summed E-state index contributed by atoms with van der Waals surface area (Å²) in [6, 6.07) is 75.5. The fourth-order valence-electron chi connectivity index (χ4n) is 9.13. The van der Waals surface area contributed by atoms with Crippen LogP contribution in [0.15, 0.2) is 215 Å². The maximum atomic E-state index is 6.43. The monoisotopic (exact) mass is 726 g/mol. The molecule has 8 aromatic carbocycles. The van der Waals surface area contributed by atoms with Gasteiger partial charge in [-0.3, -0.25) is 0 Å². The Morgan fingerprint density at radius 3 is 0.926 bits per heavy atom. The van der Waals surface area contributed by atoms with Crippen LogP contribution < -0.4 is 29.2 Å². The van der Waals surface area contributed by atoms with Crippen molar-refractivity contribution in [1.29, 1.82) is 0 Å². The maximum Gasteiger partial charge on any atom is 0.318 e. The lowest BCUT2D eigenvalue weighted by molar-refractivity contribution is 0.668. The van der Waals surface area contributed by atoms with Crippen LogP contribution in [0.2, 0.25) is 0 Å². The zero-order chi connectivity index (χ0) is 35.7. The van der Waals surface area contributed by atoms with Crippen molar-refractivity contribution in [3.8, 4) is 0 Å². The molecular weight excluding hydrogens is 693 g/mol. The Labute approximate surface area is 315 Å². The summed E-state index contributed by atoms with van der Waals surface area (Å²) in [6.07, 6.45) is 0. The van der Waals surface area contributed by atoms with Gasteiger partial charge in [-0.2, -0.15) is 0 Å². The number of furan rings is 2. The lowest BCUT2D eigenvalue weighted by Gasteiger charge is -2.73. The Morgan fingerprint density at radius 1 is 0.278 bits per heavy atom. The van der Waals surface area contributed by atoms with Crippen molar-refractivity contribution in [1.82, 2.24) is 0 Å². The normalized spacial score (nSPS) is 14.9. The first-order valence-corrected chi connectivity index (χ1v) is 22.2. The van der Waals surface area contributed by atoms with E-state index in [9.17, 15) is 0 Å². The van der Waals surface area contributed by atoms with E-state index in [-0.39, 0.29) is 0 Å². The van der Waals surface area contributed by atoms with E-state index in [1.807, 2.05) is 12.1 Å². The highest BCUT2D eigenvalue weighted by Crippen LogP contribution is 2.47. The van der Waals surface area contributed by atoms with Gasteiger partial charge in [-0.1, -0.05) is 158 Å². The highest BCUT2D eigenvalue weighted by molar-refractivity contribution is 7.38. The molecule has 1 fully saturated rings. The van der Waals surface area contributed by atoms with E-state index in [2.05, 4.69) is 203 Å². The standard InChI is InChI=1S/C48H34N2O2Si2/c1-5-17-37(18-6-1)53(38-19-7-2-8-20-38)49(35-29-31-47-43(33-35)41-25-13-15-27-45(41)51-47)54(39-21-9-3-10-22-39,40-23-11-4-12-24-40)50(53)36-30-32-48-44(34-36)42-26-14-16-28-46(42)52-48/h1-34H. The highest BCUT2D eigenvalue weighted by Gasteiger charge is 2.75. The Bertz CT molecular complexity index is 2670. The van der Waals surface area contributed by atoms with E-state index in [0.29, 0.717) is 0 Å². The topological polar surface area (TPSA) is 32.8 Å². The number of nitrogens with zero attached hydrogens (tertiary/aromatic N) is 2. The zero-order valence-electron chi connectivity index (χ0n) is 29.3. The summed E-state index contributed by atoms with van der Waals surface area (Å²) in [5.74, 6) is 0. The van der Waals surface area contributed by atoms with Crippen molar-refractivity contribution in [3.63, 3.8) is 0 Å². The van der Waals surface area contributed by atoms with Crippen molar-refractivity contribution in [2.75, 3.05) is 8.46 Å². The molecule has 10 aromatic rings. The molecule has 4 nitrogen and oxygen atoms in total. The van der Waals surface area contributed by atoms with Gasteiger partial charge in [0.1, 0.15) is 22.3 Å². The van der Waals surface area contributed by atoms with Crippen LogP contribution in [0.5, 0.6) is 0 Å². The summed E-state index contributed by atoms with van der Waals surface area (Å²) in [5, 5.41) is 9.79. The minimum absolute atomic E-state index is 0.896. The molecule has 0 N–H and O–H groups in total. The summed E-state index contributed by atoms with van der Waals surface area (Å²) in [4.78, 5) is 0. The predicted molar refractivity (Wildman–Crippen MR) is 228 cm³/mol. The van der Waals surface area contributed by atoms with Gasteiger partial charge in [0.15, 0.2) is 0 Å². The van der Waals surface area contributed by atoms with Crippen LogP contribution in [0, 0.1) is 0 Å². The summed E-state index contributed by atoms with van der Waals surface area (Å²) in [6.45, 7) is 0. The average Bonchev–Trinajstić information content (AvgIpc) is 3.80. The van der Waals surface area contributed by atoms with Gasteiger partial charge in [0, 0.05) is 32.9 Å². The van der Waals surface area contributed by atoms with Gasteiger partial charge >= 0.3 is 16.8 Å². The quantitative estimate of drug-likeness (QED) is 0.160. The lowest BCUT2D eigenvalue weighted by Crippen LogP contribution is -3.07. The first kappa shape index (κ1) is 31.0. The summed E-state index contributed by atoms with van der Waals surface area (Å²) < 4.78 is 18.7. The Morgan fingerprint density at radius 2 is 0.574 bits per heavy atom. The second-order valence-electron chi connectivity index (χ2n) is 14.0. The van der Waals surface area contributed by atoms with Crippen molar-refractivity contribution in [2.45, 2.75) is 0 Å². The minimum Gasteiger partial charge on any atom is -0.456 e. The van der Waals surface area contributed by atoms with E-state index < -0.39 is 16.8 Å². The van der Waals surface area contributed by atoms with Gasteiger partial charge in [0.25, 0.3) is 0 Å². The van der Waals surface area contributed by atoms with E-state index in [0.717, 1.165) is 43.9 Å². The second kappa shape index (κ2) is 12.0. The van der Waals surface area contributed by atoms with Gasteiger partial charge in [0.2, 0.25) is 0 Å². The fourth-order valence-corrected chi connectivity index (χ4v) is 24.3. The van der Waals surface area contributed by atoms with Gasteiger partial charge < -0.3 is 17.3 Å². The van der Waals surface area contributed by atoms with Crippen LogP contribution in [-0.2, 0) is 0 Å². The third-order valence-electron chi connectivity index (χ3n) is 11.2. The summed E-state index contributed by atoms with van der Waals surface area (Å²) in [5.41, 5.74) is 5.98. The molecule has 0 unspecified atom stereocenters. The molecule has 3 heterocycles. The van der Waals surface area contributed by atoms with Crippen LogP contribution in [0.25, 0.3) is 43.9 Å². The maximum absolute atomic E-state index is 6.43. The van der Waals surface area contributed by atoms with E-state index >= 15 is 0 Å². The van der Waals surface area contributed by atoms with Crippen molar-refractivity contribution >= 4 is 92.8 Å². The van der Waals surface area contributed by atoms with Crippen LogP contribution in [-0.4, -0.2) is 16.8 Å². The number of hydrogen-bond acceptors (Lipinski definition) is 4. The number of benzene rings is 8. The summed E-state index contributed by atoms with van der Waals surface area (Å²) in [7, 11) is -6.28. The van der Waals surface area contributed by atoms with Gasteiger partial charge in [-0.15, -0.1) is 0 Å². The molecular formula is C48H34N2O2Si2. The number of fused-ring (bicyclic) bond motifs is 6. The number of anilines is 2. The molecule has 0 atom stereocenters. The molecule has 2 aromatic heterocycles.